The SMILES string of the molecule is CCCCC/C=C\C/C=C\CCCCCCCCCCCC(=O)NC(COP(=O)(O)OCC[N+](C)(C)C)C(/C=C/CCCCCCCCCCC)OC(=O)CCCCCCCCCCCCC/C=C/CCCCCCCC. The van der Waals surface area contributed by atoms with E-state index in [1.54, 1.807) is 0 Å². The Morgan fingerprint density at radius 3 is 1.21 bits per heavy atom. The van der Waals surface area contributed by atoms with Crippen molar-refractivity contribution in [2.45, 2.75) is 328 Å². The molecule has 3 atom stereocenters. The van der Waals surface area contributed by atoms with E-state index < -0.39 is 20.0 Å². The smallest absolute Gasteiger partial charge is 0.456 e. The van der Waals surface area contributed by atoms with Crippen LogP contribution in [0.5, 0.6) is 0 Å². The minimum Gasteiger partial charge on any atom is -0.456 e. The van der Waals surface area contributed by atoms with Gasteiger partial charge in [0.1, 0.15) is 19.3 Å². The number of amides is 1. The lowest BCUT2D eigenvalue weighted by atomic mass is 10.0. The third-order valence-electron chi connectivity index (χ3n) is 14.7. The van der Waals surface area contributed by atoms with Crippen LogP contribution in [0.4, 0.5) is 0 Å². The largest absolute Gasteiger partial charge is 0.472 e. The van der Waals surface area contributed by atoms with Gasteiger partial charge < -0.3 is 19.4 Å². The lowest BCUT2D eigenvalue weighted by molar-refractivity contribution is -0.870. The Balaban J connectivity index is 5.13. The maximum absolute atomic E-state index is 13.6. The predicted octanol–water partition coefficient (Wildman–Crippen LogP) is 20.5. The lowest BCUT2D eigenvalue weighted by Gasteiger charge is -2.27. The normalized spacial score (nSPS) is 13.9. The Labute approximate surface area is 478 Å². The fourth-order valence-corrected chi connectivity index (χ4v) is 10.3. The van der Waals surface area contributed by atoms with Crippen molar-refractivity contribution in [1.29, 1.82) is 0 Å². The van der Waals surface area contributed by atoms with Crippen molar-refractivity contribution in [2.75, 3.05) is 40.9 Å². The summed E-state index contributed by atoms with van der Waals surface area (Å²) in [5.74, 6) is -0.500. The number of rotatable bonds is 60. The first-order chi connectivity index (χ1) is 37.4. The fraction of sp³-hybridized carbons (Fsp3) is 0.851. The summed E-state index contributed by atoms with van der Waals surface area (Å²) >= 11 is 0. The van der Waals surface area contributed by atoms with Gasteiger partial charge in [0.25, 0.3) is 0 Å². The Morgan fingerprint density at radius 2 is 0.792 bits per heavy atom. The van der Waals surface area contributed by atoms with E-state index in [1.807, 2.05) is 33.3 Å². The summed E-state index contributed by atoms with van der Waals surface area (Å²) < 4.78 is 30.7. The Bertz CT molecular complexity index is 1460. The van der Waals surface area contributed by atoms with E-state index in [1.165, 1.54) is 218 Å². The molecule has 0 aliphatic heterocycles. The number of unbranched alkanes of at least 4 members (excludes halogenated alkanes) is 38. The predicted molar refractivity (Wildman–Crippen MR) is 332 cm³/mol. The van der Waals surface area contributed by atoms with Crippen molar-refractivity contribution in [2.24, 2.45) is 0 Å². The Kier molecular flexibility index (Phi) is 55.7. The number of ether oxygens (including phenoxy) is 1. The summed E-state index contributed by atoms with van der Waals surface area (Å²) in [6.07, 6.45) is 71.1. The van der Waals surface area contributed by atoms with Crippen LogP contribution in [-0.2, 0) is 27.9 Å². The number of nitrogens with zero attached hydrogens (tertiary/aromatic N) is 1. The summed E-state index contributed by atoms with van der Waals surface area (Å²) in [6.45, 7) is 7.01. The topological polar surface area (TPSA) is 111 Å². The van der Waals surface area contributed by atoms with Crippen LogP contribution in [0.25, 0.3) is 0 Å². The van der Waals surface area contributed by atoms with Crippen LogP contribution in [0.2, 0.25) is 0 Å². The van der Waals surface area contributed by atoms with E-state index >= 15 is 0 Å². The summed E-state index contributed by atoms with van der Waals surface area (Å²) in [5, 5.41) is 3.06. The van der Waals surface area contributed by atoms with Gasteiger partial charge in [0.2, 0.25) is 5.91 Å². The molecule has 77 heavy (non-hydrogen) atoms. The monoisotopic (exact) mass is 1100 g/mol. The summed E-state index contributed by atoms with van der Waals surface area (Å²) in [6, 6.07) is -0.850. The molecule has 0 aliphatic rings. The van der Waals surface area contributed by atoms with E-state index in [0.29, 0.717) is 23.9 Å². The molecule has 0 aromatic heterocycles. The van der Waals surface area contributed by atoms with E-state index in [9.17, 15) is 19.0 Å². The van der Waals surface area contributed by atoms with Crippen LogP contribution in [0.15, 0.2) is 48.6 Å². The zero-order chi connectivity index (χ0) is 56.4. The third kappa shape index (κ3) is 58.4. The average Bonchev–Trinajstić information content (AvgIpc) is 3.39. The molecule has 0 fully saturated rings. The number of hydrogen-bond donors (Lipinski definition) is 2. The summed E-state index contributed by atoms with van der Waals surface area (Å²) in [7, 11) is 1.50. The standard InChI is InChI=1S/C67H127N2O7P/c1-7-10-13-16-19-22-25-27-29-31-33-34-36-38-40-42-45-48-51-54-57-60-67(71)76-65(58-55-52-49-46-43-24-21-18-15-12-9-3)64(63-75-77(72,73)74-62-61-69(4,5)6)68-66(70)59-56-53-50-47-44-41-39-37-35-32-30-28-26-23-20-17-14-11-8-2/h20,23,27-30,55,58,64-65H,7-19,21-22,24-26,31-54,56-57,59-63H2,1-6H3,(H-,68,70,72,73)/p+1/b23-20-,29-27+,30-28-,58-55+. The van der Waals surface area contributed by atoms with E-state index in [0.717, 1.165) is 64.2 Å². The third-order valence-corrected chi connectivity index (χ3v) is 15.7. The van der Waals surface area contributed by atoms with Crippen LogP contribution in [0.3, 0.4) is 0 Å². The number of carbonyl (C=O) groups excluding carboxylic acids is 2. The number of phosphoric acid groups is 1. The van der Waals surface area contributed by atoms with E-state index in [-0.39, 0.29) is 25.1 Å². The first-order valence-corrected chi connectivity index (χ1v) is 34.5. The molecular weight excluding hydrogens is 976 g/mol. The minimum atomic E-state index is -4.45. The van der Waals surface area contributed by atoms with E-state index in [2.05, 4.69) is 62.5 Å². The molecule has 0 spiro atoms. The van der Waals surface area contributed by atoms with Crippen LogP contribution in [-0.4, -0.2) is 74.3 Å². The zero-order valence-corrected chi connectivity index (χ0v) is 52.6. The van der Waals surface area contributed by atoms with Crippen molar-refractivity contribution in [3.05, 3.63) is 48.6 Å². The highest BCUT2D eigenvalue weighted by molar-refractivity contribution is 7.47. The second-order valence-electron chi connectivity index (χ2n) is 23.6. The van der Waals surface area contributed by atoms with Gasteiger partial charge in [-0.3, -0.25) is 18.6 Å². The maximum Gasteiger partial charge on any atom is 0.472 e. The van der Waals surface area contributed by atoms with Crippen LogP contribution in [0, 0.1) is 0 Å². The van der Waals surface area contributed by atoms with Gasteiger partial charge in [-0.1, -0.05) is 262 Å². The number of esters is 1. The molecular formula is C67H128N2O7P+. The van der Waals surface area contributed by atoms with Gasteiger partial charge in [0.05, 0.1) is 33.8 Å². The molecule has 0 aromatic carbocycles. The van der Waals surface area contributed by atoms with Crippen molar-refractivity contribution < 1.29 is 37.3 Å². The molecule has 0 bridgehead atoms. The van der Waals surface area contributed by atoms with Crippen LogP contribution in [0.1, 0.15) is 316 Å². The van der Waals surface area contributed by atoms with Gasteiger partial charge in [0.15, 0.2) is 0 Å². The number of nitrogens with one attached hydrogen (secondary N) is 1. The number of phosphoric ester groups is 1. The molecule has 0 heterocycles. The number of hydrogen-bond acceptors (Lipinski definition) is 6. The number of allylic oxidation sites excluding steroid dienone is 7. The molecule has 0 rings (SSSR count). The highest BCUT2D eigenvalue weighted by atomic mass is 31.2. The molecule has 1 amide bonds. The summed E-state index contributed by atoms with van der Waals surface area (Å²) in [4.78, 5) is 37.8. The molecule has 10 heteroatoms. The second-order valence-corrected chi connectivity index (χ2v) is 25.1. The highest BCUT2D eigenvalue weighted by Crippen LogP contribution is 2.43. The summed E-state index contributed by atoms with van der Waals surface area (Å²) in [5.41, 5.74) is 0. The van der Waals surface area contributed by atoms with Crippen molar-refractivity contribution in [1.82, 2.24) is 5.32 Å². The molecule has 0 saturated heterocycles. The van der Waals surface area contributed by atoms with E-state index in [4.69, 9.17) is 13.8 Å². The molecule has 2 N–H and O–H groups in total. The van der Waals surface area contributed by atoms with Crippen molar-refractivity contribution in [3.63, 3.8) is 0 Å². The second kappa shape index (κ2) is 57.2. The number of quaternary nitrogens is 1. The fourth-order valence-electron chi connectivity index (χ4n) is 9.61. The maximum atomic E-state index is 13.6. The average molecular weight is 1100 g/mol. The van der Waals surface area contributed by atoms with Crippen molar-refractivity contribution in [3.8, 4) is 0 Å². The number of carbonyl (C=O) groups is 2. The molecule has 0 saturated carbocycles. The number of likely N-dealkylation sites (N-methyl/N-ethyl adjacent to an activating group) is 1. The minimum absolute atomic E-state index is 0.0399. The molecule has 3 unspecified atom stereocenters. The molecule has 0 radical (unpaired) electrons. The Morgan fingerprint density at radius 1 is 0.455 bits per heavy atom. The van der Waals surface area contributed by atoms with Crippen molar-refractivity contribution >= 4 is 19.7 Å². The van der Waals surface area contributed by atoms with Gasteiger partial charge >= 0.3 is 13.8 Å². The van der Waals surface area contributed by atoms with Gasteiger partial charge in [-0.2, -0.15) is 0 Å². The Hall–Kier alpha value is -2.03. The zero-order valence-electron chi connectivity index (χ0n) is 51.7. The quantitative estimate of drug-likeness (QED) is 0.0205. The van der Waals surface area contributed by atoms with Crippen LogP contribution >= 0.6 is 7.82 Å². The highest BCUT2D eigenvalue weighted by Gasteiger charge is 2.30. The van der Waals surface area contributed by atoms with Gasteiger partial charge in [-0.05, 0) is 89.5 Å². The first kappa shape index (κ1) is 75.0. The van der Waals surface area contributed by atoms with Gasteiger partial charge in [0, 0.05) is 12.8 Å². The molecule has 0 aliphatic carbocycles. The van der Waals surface area contributed by atoms with Gasteiger partial charge in [-0.25, -0.2) is 4.57 Å². The van der Waals surface area contributed by atoms with Gasteiger partial charge in [-0.15, -0.1) is 0 Å². The molecule has 9 nitrogen and oxygen atoms in total. The first-order valence-electron chi connectivity index (χ1n) is 33.0. The lowest BCUT2D eigenvalue weighted by Crippen LogP contribution is -2.47. The van der Waals surface area contributed by atoms with Crippen LogP contribution < -0.4 is 5.32 Å². The molecule has 452 valence electrons. The molecule has 0 aromatic rings.